The largest absolute Gasteiger partial charge is 0 e. The molecule has 1 aromatic carbocycles. The maximum absolute atomic E-state index is 7.50. The molecule has 0 N–H and O–H groups in total. The van der Waals surface area contributed by atoms with Crippen molar-refractivity contribution in [1.82, 2.24) is 4.90 Å². The molecule has 1 aliphatic carbocycles. The minimum atomic E-state index is 0. The van der Waals surface area contributed by atoms with E-state index in [1.807, 2.05) is 0 Å². The van der Waals surface area contributed by atoms with Crippen LogP contribution in [0.1, 0.15) is 58.2 Å². The summed E-state index contributed by atoms with van der Waals surface area (Å²) in [5.41, 5.74) is 1.45. The number of rotatable bonds is 1. The summed E-state index contributed by atoms with van der Waals surface area (Å²) in [5.74, 6) is 0. The van der Waals surface area contributed by atoms with Crippen LogP contribution in [0.25, 0.3) is 0 Å². The molecule has 1 aromatic rings. The first kappa shape index (κ1) is 27.1. The second kappa shape index (κ2) is 14.0. The quantitative estimate of drug-likeness (QED) is 0.532. The summed E-state index contributed by atoms with van der Waals surface area (Å²) >= 11 is 0. The summed E-state index contributed by atoms with van der Waals surface area (Å²) < 4.78 is 28.9. The molecule has 5 nitrogen and oxygen atoms in total. The zero-order valence-corrected chi connectivity index (χ0v) is 16.7. The molecule has 0 spiro atoms. The molecular weight excluding hydrogens is 370 g/mol. The van der Waals surface area contributed by atoms with Gasteiger partial charge in [0.25, 0.3) is 0 Å². The molecule has 2 aliphatic rings. The van der Waals surface area contributed by atoms with Gasteiger partial charge >= 0.3 is 33.9 Å². The molecule has 1 saturated heterocycles. The summed E-state index contributed by atoms with van der Waals surface area (Å²) in [6, 6.07) is 11.3. The Labute approximate surface area is 167 Å². The molecule has 0 radical (unpaired) electrons. The summed E-state index contributed by atoms with van der Waals surface area (Å²) in [7, 11) is 0. The molecule has 0 bridgehead atoms. The minimum Gasteiger partial charge on any atom is 0 e. The molecule has 1 aliphatic heterocycles. The molecule has 3 rings (SSSR count). The standard InChI is InChI=1S/C17H25NO.3CO.Cr/c1-17(2,3)18-14-11-7-8-12-15(14)19-16(18)13-9-5-4-6-10-13;3*1-2;/h4-6,9-10,14-16H,7-8,11-12H2,1-3H3;;;;/t14-,15-,16+;;;;/m1..../s1. The Morgan fingerprint density at radius 2 is 1.42 bits per heavy atom. The second-order valence-corrected chi connectivity index (χ2v) is 6.87. The van der Waals surface area contributed by atoms with Crippen molar-refractivity contribution >= 4 is 0 Å². The van der Waals surface area contributed by atoms with Crippen LogP contribution in [0.2, 0.25) is 0 Å². The van der Waals surface area contributed by atoms with Gasteiger partial charge in [0, 0.05) is 28.9 Å². The van der Waals surface area contributed by atoms with Gasteiger partial charge in [0.05, 0.1) is 6.10 Å². The molecule has 140 valence electrons. The van der Waals surface area contributed by atoms with Crippen LogP contribution in [0.4, 0.5) is 0 Å². The van der Waals surface area contributed by atoms with Gasteiger partial charge in [0.2, 0.25) is 0 Å². The van der Waals surface area contributed by atoms with E-state index in [9.17, 15) is 0 Å². The van der Waals surface area contributed by atoms with Crippen molar-refractivity contribution in [3.8, 4) is 0 Å². The van der Waals surface area contributed by atoms with Crippen LogP contribution in [-0.4, -0.2) is 22.6 Å². The van der Waals surface area contributed by atoms with Gasteiger partial charge in [-0.25, -0.2) is 0 Å². The normalized spacial score (nSPS) is 23.8. The van der Waals surface area contributed by atoms with E-state index in [4.69, 9.17) is 18.7 Å². The second-order valence-electron chi connectivity index (χ2n) is 6.87. The van der Waals surface area contributed by atoms with E-state index >= 15 is 0 Å². The van der Waals surface area contributed by atoms with Crippen molar-refractivity contribution in [2.45, 2.75) is 70.4 Å². The van der Waals surface area contributed by atoms with E-state index in [2.05, 4.69) is 76.0 Å². The number of fused-ring (bicyclic) bond motifs is 1. The van der Waals surface area contributed by atoms with Crippen molar-refractivity contribution in [3.63, 3.8) is 0 Å². The van der Waals surface area contributed by atoms with Crippen molar-refractivity contribution in [2.75, 3.05) is 0 Å². The first-order chi connectivity index (χ1) is 12.1. The van der Waals surface area contributed by atoms with E-state index in [-0.39, 0.29) is 29.1 Å². The van der Waals surface area contributed by atoms with Crippen molar-refractivity contribution in [3.05, 3.63) is 55.8 Å². The molecule has 1 heterocycles. The Morgan fingerprint density at radius 1 is 0.923 bits per heavy atom. The first-order valence-electron chi connectivity index (χ1n) is 8.17. The molecule has 2 fully saturated rings. The molecular formula is C20H25CrNO4. The van der Waals surface area contributed by atoms with Gasteiger partial charge in [-0.15, -0.1) is 0 Å². The number of nitrogens with zero attached hydrogens (tertiary/aromatic N) is 1. The first-order valence-corrected chi connectivity index (χ1v) is 8.17. The van der Waals surface area contributed by atoms with Gasteiger partial charge in [-0.3, -0.25) is 4.90 Å². The van der Waals surface area contributed by atoms with Crippen molar-refractivity contribution in [2.24, 2.45) is 0 Å². The van der Waals surface area contributed by atoms with Crippen LogP contribution in [0, 0.1) is 20.0 Å². The van der Waals surface area contributed by atoms with Crippen molar-refractivity contribution in [1.29, 1.82) is 0 Å². The fourth-order valence-electron chi connectivity index (χ4n) is 3.67. The van der Waals surface area contributed by atoms with Gasteiger partial charge in [0.15, 0.2) is 0 Å². The fourth-order valence-corrected chi connectivity index (χ4v) is 3.67. The van der Waals surface area contributed by atoms with Crippen LogP contribution >= 0.6 is 0 Å². The summed E-state index contributed by atoms with van der Waals surface area (Å²) in [5, 5.41) is 0. The number of ether oxygens (including phenoxy) is 1. The SMILES string of the molecule is CC(C)(C)N1[C@@H]2CCCC[C@H]2O[C@H]1c1ccccc1.[C-]#[O+].[C-]#[O+].[C-]#[O+].[Cr]. The Balaban J connectivity index is 0. The molecule has 26 heavy (non-hydrogen) atoms. The van der Waals surface area contributed by atoms with E-state index < -0.39 is 0 Å². The van der Waals surface area contributed by atoms with Crippen molar-refractivity contribution < 1.29 is 36.1 Å². The van der Waals surface area contributed by atoms with E-state index in [1.165, 1.54) is 31.2 Å². The number of hydrogen-bond acceptors (Lipinski definition) is 2. The smallest absolute Gasteiger partial charge is 0 e. The van der Waals surface area contributed by atoms with E-state index in [0.29, 0.717) is 12.1 Å². The molecule has 0 unspecified atom stereocenters. The van der Waals surface area contributed by atoms with Crippen LogP contribution in [-0.2, 0) is 36.1 Å². The van der Waals surface area contributed by atoms with Crippen LogP contribution in [0.5, 0.6) is 0 Å². The predicted octanol–water partition coefficient (Wildman–Crippen LogP) is 4.01. The summed E-state index contributed by atoms with van der Waals surface area (Å²) in [6.45, 7) is 20.4. The number of hydrogen-bond donors (Lipinski definition) is 0. The van der Waals surface area contributed by atoms with Gasteiger partial charge in [-0.2, -0.15) is 0 Å². The minimum absolute atomic E-state index is 0. The van der Waals surface area contributed by atoms with Crippen LogP contribution in [0.15, 0.2) is 30.3 Å². The monoisotopic (exact) mass is 395 g/mol. The van der Waals surface area contributed by atoms with E-state index in [0.717, 1.165) is 0 Å². The predicted molar refractivity (Wildman–Crippen MR) is 89.7 cm³/mol. The Hall–Kier alpha value is -1.11. The average Bonchev–Trinajstić information content (AvgIpc) is 3.07. The topological polar surface area (TPSA) is 72.2 Å². The van der Waals surface area contributed by atoms with Gasteiger partial charge in [0.1, 0.15) is 6.23 Å². The maximum Gasteiger partial charge on any atom is 0 e. The van der Waals surface area contributed by atoms with Gasteiger partial charge in [-0.1, -0.05) is 43.2 Å². The Morgan fingerprint density at radius 3 is 1.92 bits per heavy atom. The fraction of sp³-hybridized carbons (Fsp3) is 0.550. The summed E-state index contributed by atoms with van der Waals surface area (Å²) in [6.07, 6.45) is 5.73. The van der Waals surface area contributed by atoms with Crippen LogP contribution < -0.4 is 0 Å². The third kappa shape index (κ3) is 6.89. The number of benzene rings is 1. The molecule has 0 amide bonds. The van der Waals surface area contributed by atoms with Crippen LogP contribution in [0.3, 0.4) is 0 Å². The third-order valence-electron chi connectivity index (χ3n) is 4.44. The Bertz CT molecular complexity index is 536. The van der Waals surface area contributed by atoms with E-state index in [1.54, 1.807) is 0 Å². The van der Waals surface area contributed by atoms with Gasteiger partial charge in [-0.05, 0) is 39.2 Å². The molecule has 0 aromatic heterocycles. The average molecular weight is 395 g/mol. The molecule has 3 atom stereocenters. The zero-order valence-electron chi connectivity index (χ0n) is 15.4. The third-order valence-corrected chi connectivity index (χ3v) is 4.44. The maximum atomic E-state index is 7.50. The zero-order chi connectivity index (χ0) is 19.5. The summed E-state index contributed by atoms with van der Waals surface area (Å²) in [4.78, 5) is 2.60. The molecule has 6 heteroatoms. The molecule has 1 saturated carbocycles. The Kier molecular flexibility index (Phi) is 14.6. The van der Waals surface area contributed by atoms with Gasteiger partial charge < -0.3 is 4.74 Å².